The monoisotopic (exact) mass is 521 g/mol. The van der Waals surface area contributed by atoms with Crippen molar-refractivity contribution in [2.24, 2.45) is 17.3 Å². The van der Waals surface area contributed by atoms with Gasteiger partial charge >= 0.3 is 5.97 Å². The molecule has 2 saturated heterocycles. The summed E-state index contributed by atoms with van der Waals surface area (Å²) in [4.78, 5) is 30.4. The van der Waals surface area contributed by atoms with Gasteiger partial charge < -0.3 is 19.7 Å². The largest absolute Gasteiger partial charge is 0.455 e. The zero-order chi connectivity index (χ0) is 26.6. The molecule has 2 fully saturated rings. The smallest absolute Gasteiger partial charge is 0.309 e. The predicted octanol–water partition coefficient (Wildman–Crippen LogP) is 4.00. The number of aliphatic hydroxyl groups excluding tert-OH is 2. The first-order chi connectivity index (χ1) is 16.9. The average Bonchev–Trinajstić information content (AvgIpc) is 3.42. The lowest BCUT2D eigenvalue weighted by atomic mass is 9.71. The van der Waals surface area contributed by atoms with Gasteiger partial charge in [0.1, 0.15) is 11.6 Å². The molecule has 9 heteroatoms. The lowest BCUT2D eigenvalue weighted by Crippen LogP contribution is -2.46. The van der Waals surface area contributed by atoms with E-state index in [0.29, 0.717) is 18.5 Å². The minimum Gasteiger partial charge on any atom is -0.455 e. The Balaban J connectivity index is 1.85. The number of terminal acetylenes is 1. The van der Waals surface area contributed by atoms with Gasteiger partial charge in [0.2, 0.25) is 0 Å². The van der Waals surface area contributed by atoms with Crippen molar-refractivity contribution >= 4 is 29.2 Å². The van der Waals surface area contributed by atoms with Gasteiger partial charge in [-0.1, -0.05) is 27.2 Å². The average molecular weight is 522 g/mol. The Labute approximate surface area is 216 Å². The summed E-state index contributed by atoms with van der Waals surface area (Å²) in [6.07, 6.45) is 4.55. The van der Waals surface area contributed by atoms with Crippen LogP contribution in [-0.2, 0) is 19.1 Å². The summed E-state index contributed by atoms with van der Waals surface area (Å²) in [5.74, 6) is -0.526. The Morgan fingerprint density at radius 2 is 2.06 bits per heavy atom. The van der Waals surface area contributed by atoms with Gasteiger partial charge in [0.25, 0.3) is 0 Å². The SMILES string of the molecule is C#CC[C@H]1C(=O)C(C)(C)[C@H](O)CC(=O)O[C@H](/C(F)=C/c2csc(C)n2)C[C@H]2O[C@@H]2CCC[C@H](C)[C@@H]1O. The number of carbonyl (C=O) groups excluding carboxylic acids is 2. The molecule has 0 saturated carbocycles. The lowest BCUT2D eigenvalue weighted by molar-refractivity contribution is -0.155. The van der Waals surface area contributed by atoms with Crippen LogP contribution < -0.4 is 0 Å². The zero-order valence-corrected chi connectivity index (χ0v) is 22.1. The number of aryl methyl sites for hydroxylation is 1. The van der Waals surface area contributed by atoms with Crippen LogP contribution in [0.15, 0.2) is 11.2 Å². The van der Waals surface area contributed by atoms with Crippen molar-refractivity contribution in [3.8, 4) is 12.3 Å². The molecule has 2 aliphatic rings. The van der Waals surface area contributed by atoms with Crippen molar-refractivity contribution in [2.45, 2.75) is 96.7 Å². The van der Waals surface area contributed by atoms with Crippen LogP contribution in [0, 0.1) is 36.5 Å². The molecule has 2 N–H and O–H groups in total. The maximum atomic E-state index is 15.2. The number of halogens is 1. The summed E-state index contributed by atoms with van der Waals surface area (Å²) in [7, 11) is 0. The first-order valence-corrected chi connectivity index (χ1v) is 13.3. The van der Waals surface area contributed by atoms with Crippen molar-refractivity contribution in [3.05, 3.63) is 21.9 Å². The fraction of sp³-hybridized carbons (Fsp3) is 0.667. The number of nitrogens with zero attached hydrogens (tertiary/aromatic N) is 1. The van der Waals surface area contributed by atoms with E-state index in [4.69, 9.17) is 15.9 Å². The number of thiazole rings is 1. The molecule has 0 amide bonds. The number of aliphatic hydroxyl groups is 2. The predicted molar refractivity (Wildman–Crippen MR) is 134 cm³/mol. The second kappa shape index (κ2) is 12.0. The van der Waals surface area contributed by atoms with Crippen molar-refractivity contribution in [1.29, 1.82) is 0 Å². The second-order valence-corrected chi connectivity index (χ2v) is 11.5. The summed E-state index contributed by atoms with van der Waals surface area (Å²) in [6, 6.07) is 0. The number of ketones is 1. The minimum absolute atomic E-state index is 0.0208. The molecular formula is C27H36FNO6S. The van der Waals surface area contributed by atoms with Gasteiger partial charge in [-0.15, -0.1) is 23.7 Å². The minimum atomic E-state index is -1.41. The number of hydrogen-bond acceptors (Lipinski definition) is 8. The van der Waals surface area contributed by atoms with Crippen molar-refractivity contribution in [1.82, 2.24) is 4.98 Å². The van der Waals surface area contributed by atoms with Crippen LogP contribution in [0.1, 0.15) is 70.0 Å². The van der Waals surface area contributed by atoms with Crippen LogP contribution in [0.25, 0.3) is 6.08 Å². The van der Waals surface area contributed by atoms with Gasteiger partial charge in [-0.2, -0.15) is 0 Å². The molecule has 0 bridgehead atoms. The van der Waals surface area contributed by atoms with Gasteiger partial charge in [-0.25, -0.2) is 9.37 Å². The summed E-state index contributed by atoms with van der Waals surface area (Å²) in [6.45, 7) is 6.71. The molecule has 1 aromatic heterocycles. The van der Waals surface area contributed by atoms with Crippen LogP contribution >= 0.6 is 11.3 Å². The third-order valence-corrected chi connectivity index (χ3v) is 8.08. The van der Waals surface area contributed by atoms with Gasteiger partial charge in [0, 0.05) is 18.2 Å². The van der Waals surface area contributed by atoms with Crippen molar-refractivity contribution < 1.29 is 33.7 Å². The molecular weight excluding hydrogens is 485 g/mol. The molecule has 3 heterocycles. The quantitative estimate of drug-likeness (QED) is 0.352. The summed E-state index contributed by atoms with van der Waals surface area (Å²) < 4.78 is 26.4. The number of fused-ring (bicyclic) bond motifs is 1. The standard InChI is InChI=1S/C27H36FNO6S/c1-6-8-18-25(32)15(2)9-7-10-20-22(34-20)12-21(19(28)11-17-14-36-16(3)29-17)35-24(31)13-23(30)27(4,5)26(18)33/h1,11,14-15,18,20-23,25,30,32H,7-10,12-13H2,2-5H3/b19-11-/t15-,18+,20+,21-,22+,23+,25-/m0/s1. The van der Waals surface area contributed by atoms with Crippen LogP contribution in [0.5, 0.6) is 0 Å². The number of rotatable bonds is 3. The Hall–Kier alpha value is -2.12. The number of aromatic nitrogens is 1. The molecule has 2 aliphatic heterocycles. The Morgan fingerprint density at radius 3 is 2.69 bits per heavy atom. The third kappa shape index (κ3) is 7.00. The maximum Gasteiger partial charge on any atom is 0.309 e. The highest BCUT2D eigenvalue weighted by molar-refractivity contribution is 7.09. The highest BCUT2D eigenvalue weighted by atomic mass is 32.1. The highest BCUT2D eigenvalue weighted by Crippen LogP contribution is 2.37. The summed E-state index contributed by atoms with van der Waals surface area (Å²) >= 11 is 1.38. The fourth-order valence-corrected chi connectivity index (χ4v) is 5.28. The highest BCUT2D eigenvalue weighted by Gasteiger charge is 2.45. The Bertz CT molecular complexity index is 1010. The number of esters is 1. The first-order valence-electron chi connectivity index (χ1n) is 12.4. The Morgan fingerprint density at radius 1 is 1.33 bits per heavy atom. The fourth-order valence-electron chi connectivity index (χ4n) is 4.71. The molecule has 0 aliphatic carbocycles. The molecule has 0 radical (unpaired) electrons. The number of ether oxygens (including phenoxy) is 2. The van der Waals surface area contributed by atoms with E-state index < -0.39 is 53.6 Å². The van der Waals surface area contributed by atoms with Crippen LogP contribution in [0.2, 0.25) is 0 Å². The molecule has 198 valence electrons. The second-order valence-electron chi connectivity index (χ2n) is 10.5. The number of carbonyl (C=O) groups is 2. The van der Waals surface area contributed by atoms with E-state index in [-0.39, 0.29) is 31.0 Å². The van der Waals surface area contributed by atoms with E-state index in [1.165, 1.54) is 31.3 Å². The maximum absolute atomic E-state index is 15.2. The third-order valence-electron chi connectivity index (χ3n) is 7.28. The van der Waals surface area contributed by atoms with Crippen molar-refractivity contribution in [3.63, 3.8) is 0 Å². The van der Waals surface area contributed by atoms with Crippen LogP contribution in [0.3, 0.4) is 0 Å². The number of cyclic esters (lactones) is 1. The molecule has 0 spiro atoms. The van der Waals surface area contributed by atoms with E-state index in [0.717, 1.165) is 11.4 Å². The molecule has 1 aromatic rings. The number of epoxide rings is 1. The van der Waals surface area contributed by atoms with Gasteiger partial charge in [0.15, 0.2) is 6.10 Å². The Kier molecular flexibility index (Phi) is 9.44. The van der Waals surface area contributed by atoms with E-state index in [9.17, 15) is 19.8 Å². The molecule has 0 aromatic carbocycles. The van der Waals surface area contributed by atoms with Crippen LogP contribution in [-0.4, -0.2) is 57.5 Å². The molecule has 0 unspecified atom stereocenters. The molecule has 7 atom stereocenters. The first kappa shape index (κ1) is 28.5. The van der Waals surface area contributed by atoms with Crippen molar-refractivity contribution in [2.75, 3.05) is 0 Å². The number of Topliss-reactive ketones (excluding diaryl/α,β-unsaturated/α-hetero) is 1. The van der Waals surface area contributed by atoms with E-state index >= 15 is 4.39 Å². The topological polar surface area (TPSA) is 109 Å². The lowest BCUT2D eigenvalue weighted by Gasteiger charge is -2.35. The zero-order valence-electron chi connectivity index (χ0n) is 21.3. The number of hydrogen-bond donors (Lipinski definition) is 2. The molecule has 7 nitrogen and oxygen atoms in total. The van der Waals surface area contributed by atoms with Gasteiger partial charge in [-0.3, -0.25) is 9.59 Å². The summed E-state index contributed by atoms with van der Waals surface area (Å²) in [5, 5.41) is 24.3. The van der Waals surface area contributed by atoms with Gasteiger partial charge in [0.05, 0.1) is 52.9 Å². The van der Waals surface area contributed by atoms with E-state index in [2.05, 4.69) is 10.9 Å². The molecule has 3 rings (SSSR count). The van der Waals surface area contributed by atoms with Crippen LogP contribution in [0.4, 0.5) is 4.39 Å². The van der Waals surface area contributed by atoms with E-state index in [1.807, 2.05) is 13.8 Å². The normalized spacial score (nSPS) is 34.4. The van der Waals surface area contributed by atoms with Gasteiger partial charge in [-0.05, 0) is 31.8 Å². The summed E-state index contributed by atoms with van der Waals surface area (Å²) in [5.41, 5.74) is -0.948. The van der Waals surface area contributed by atoms with E-state index in [1.54, 1.807) is 5.38 Å². The molecule has 36 heavy (non-hydrogen) atoms.